The van der Waals surface area contributed by atoms with Crippen LogP contribution in [0.25, 0.3) is 0 Å². The lowest BCUT2D eigenvalue weighted by Crippen LogP contribution is -2.53. The van der Waals surface area contributed by atoms with Crippen LogP contribution in [0.2, 0.25) is 0 Å². The first-order chi connectivity index (χ1) is 16.6. The molecular formula is C28H41N3O4S. The normalized spacial score (nSPS) is 12.8. The zero-order chi connectivity index (χ0) is 27.3. The first-order valence-electron chi connectivity index (χ1n) is 12.4. The third kappa shape index (κ3) is 7.82. The van der Waals surface area contributed by atoms with E-state index in [0.29, 0.717) is 12.1 Å². The van der Waals surface area contributed by atoms with Gasteiger partial charge in [0.15, 0.2) is 0 Å². The van der Waals surface area contributed by atoms with Gasteiger partial charge in [0.05, 0.1) is 11.9 Å². The predicted molar refractivity (Wildman–Crippen MR) is 146 cm³/mol. The van der Waals surface area contributed by atoms with E-state index in [0.717, 1.165) is 27.3 Å². The Morgan fingerprint density at radius 1 is 1.00 bits per heavy atom. The average Bonchev–Trinajstić information content (AvgIpc) is 2.76. The largest absolute Gasteiger partial charge is 0.352 e. The second-order valence-corrected chi connectivity index (χ2v) is 12.5. The van der Waals surface area contributed by atoms with E-state index >= 15 is 0 Å². The molecule has 0 radical (unpaired) electrons. The Morgan fingerprint density at radius 2 is 1.58 bits per heavy atom. The number of amides is 2. The van der Waals surface area contributed by atoms with Gasteiger partial charge < -0.3 is 10.2 Å². The van der Waals surface area contributed by atoms with Gasteiger partial charge in [-0.25, -0.2) is 8.42 Å². The molecule has 0 unspecified atom stereocenters. The molecule has 0 bridgehead atoms. The second-order valence-electron chi connectivity index (χ2n) is 10.6. The van der Waals surface area contributed by atoms with Crippen molar-refractivity contribution in [1.82, 2.24) is 10.2 Å². The van der Waals surface area contributed by atoms with Crippen molar-refractivity contribution in [3.8, 4) is 0 Å². The summed E-state index contributed by atoms with van der Waals surface area (Å²) in [6, 6.07) is 14.1. The lowest BCUT2D eigenvalue weighted by atomic mass is 9.87. The standard InChI is InChI=1S/C28H41N3O4S/c1-9-25(27(33)29-20(2)3)30(18-22-13-11-10-12-21(22)4)26(32)19-31(36(8,34)35)24-16-14-23(15-17-24)28(5,6)7/h10-17,20,25H,9,18-19H2,1-8H3,(H,29,33)/t25-/m0/s1. The first kappa shape index (κ1) is 29.4. The van der Waals surface area contributed by atoms with Crippen LogP contribution < -0.4 is 9.62 Å². The minimum Gasteiger partial charge on any atom is -0.352 e. The van der Waals surface area contributed by atoms with E-state index in [1.165, 1.54) is 4.90 Å². The SMILES string of the molecule is CC[C@@H](C(=O)NC(C)C)N(Cc1ccccc1C)C(=O)CN(c1ccc(C(C)(C)C)cc1)S(C)(=O)=O. The fourth-order valence-corrected chi connectivity index (χ4v) is 4.86. The van der Waals surface area contributed by atoms with Crippen LogP contribution in [0.1, 0.15) is 64.7 Å². The van der Waals surface area contributed by atoms with Crippen molar-refractivity contribution in [1.29, 1.82) is 0 Å². The summed E-state index contributed by atoms with van der Waals surface area (Å²) in [6.07, 6.45) is 1.49. The average molecular weight is 516 g/mol. The molecule has 8 heteroatoms. The van der Waals surface area contributed by atoms with E-state index in [1.807, 2.05) is 64.1 Å². The van der Waals surface area contributed by atoms with Crippen LogP contribution in [0.3, 0.4) is 0 Å². The maximum Gasteiger partial charge on any atom is 0.244 e. The number of aryl methyl sites for hydroxylation is 1. The Labute approximate surface area is 216 Å². The van der Waals surface area contributed by atoms with E-state index in [1.54, 1.807) is 12.1 Å². The third-order valence-corrected chi connectivity index (χ3v) is 7.26. The number of nitrogens with zero attached hydrogens (tertiary/aromatic N) is 2. The minimum absolute atomic E-state index is 0.0872. The molecular weight excluding hydrogens is 474 g/mol. The monoisotopic (exact) mass is 515 g/mol. The summed E-state index contributed by atoms with van der Waals surface area (Å²) in [5, 5.41) is 2.90. The van der Waals surface area contributed by atoms with Gasteiger partial charge in [-0.05, 0) is 61.4 Å². The van der Waals surface area contributed by atoms with E-state index < -0.39 is 28.5 Å². The van der Waals surface area contributed by atoms with E-state index in [9.17, 15) is 18.0 Å². The summed E-state index contributed by atoms with van der Waals surface area (Å²) < 4.78 is 26.7. The molecule has 1 atom stereocenters. The molecule has 0 spiro atoms. The van der Waals surface area contributed by atoms with Gasteiger partial charge in [-0.2, -0.15) is 0 Å². The molecule has 2 aromatic carbocycles. The van der Waals surface area contributed by atoms with Crippen LogP contribution >= 0.6 is 0 Å². The molecule has 1 N–H and O–H groups in total. The maximum atomic E-state index is 13.7. The van der Waals surface area contributed by atoms with Gasteiger partial charge in [-0.15, -0.1) is 0 Å². The number of hydrogen-bond donors (Lipinski definition) is 1. The van der Waals surface area contributed by atoms with Crippen molar-refractivity contribution in [3.63, 3.8) is 0 Å². The molecule has 2 amide bonds. The predicted octanol–water partition coefficient (Wildman–Crippen LogP) is 4.39. The molecule has 0 aromatic heterocycles. The number of benzene rings is 2. The lowest BCUT2D eigenvalue weighted by molar-refractivity contribution is -0.140. The second kappa shape index (κ2) is 11.9. The van der Waals surface area contributed by atoms with E-state index in [2.05, 4.69) is 26.1 Å². The van der Waals surface area contributed by atoms with E-state index in [4.69, 9.17) is 0 Å². The zero-order valence-corrected chi connectivity index (χ0v) is 23.6. The Balaban J connectivity index is 2.46. The van der Waals surface area contributed by atoms with Gasteiger partial charge in [0, 0.05) is 12.6 Å². The molecule has 0 aliphatic heterocycles. The molecule has 0 aliphatic carbocycles. The van der Waals surface area contributed by atoms with E-state index in [-0.39, 0.29) is 23.9 Å². The fourth-order valence-electron chi connectivity index (χ4n) is 4.01. The molecule has 0 saturated heterocycles. The molecule has 0 fully saturated rings. The Bertz CT molecular complexity index is 1150. The zero-order valence-electron chi connectivity index (χ0n) is 22.8. The van der Waals surface area contributed by atoms with Crippen molar-refractivity contribution >= 4 is 27.5 Å². The quantitative estimate of drug-likeness (QED) is 0.508. The van der Waals surface area contributed by atoms with Crippen LogP contribution in [-0.2, 0) is 31.6 Å². The molecule has 0 aliphatic rings. The first-order valence-corrected chi connectivity index (χ1v) is 14.2. The summed E-state index contributed by atoms with van der Waals surface area (Å²) >= 11 is 0. The highest BCUT2D eigenvalue weighted by molar-refractivity contribution is 7.92. The van der Waals surface area contributed by atoms with Gasteiger partial charge in [0.25, 0.3) is 0 Å². The number of sulfonamides is 1. The van der Waals surface area contributed by atoms with Crippen LogP contribution in [0.15, 0.2) is 48.5 Å². The van der Waals surface area contributed by atoms with Crippen molar-refractivity contribution in [3.05, 3.63) is 65.2 Å². The number of anilines is 1. The molecule has 0 heterocycles. The Morgan fingerprint density at radius 3 is 2.06 bits per heavy atom. The molecule has 7 nitrogen and oxygen atoms in total. The molecule has 2 aromatic rings. The minimum atomic E-state index is -3.76. The highest BCUT2D eigenvalue weighted by Crippen LogP contribution is 2.26. The molecule has 36 heavy (non-hydrogen) atoms. The van der Waals surface area contributed by atoms with Crippen LogP contribution in [0.5, 0.6) is 0 Å². The highest BCUT2D eigenvalue weighted by Gasteiger charge is 2.32. The number of rotatable bonds is 10. The number of hydrogen-bond acceptors (Lipinski definition) is 4. The fraction of sp³-hybridized carbons (Fsp3) is 0.500. The van der Waals surface area contributed by atoms with Crippen molar-refractivity contribution in [2.24, 2.45) is 0 Å². The smallest absolute Gasteiger partial charge is 0.244 e. The molecule has 198 valence electrons. The highest BCUT2D eigenvalue weighted by atomic mass is 32.2. The summed E-state index contributed by atoms with van der Waals surface area (Å²) in [6.45, 7) is 13.6. The lowest BCUT2D eigenvalue weighted by Gasteiger charge is -2.33. The Hall–Kier alpha value is -2.87. The number of nitrogens with one attached hydrogen (secondary N) is 1. The molecule has 0 saturated carbocycles. The number of carbonyl (C=O) groups is 2. The number of carbonyl (C=O) groups excluding carboxylic acids is 2. The summed E-state index contributed by atoms with van der Waals surface area (Å²) in [5.74, 6) is -0.691. The van der Waals surface area contributed by atoms with Crippen molar-refractivity contribution in [2.75, 3.05) is 17.1 Å². The summed E-state index contributed by atoms with van der Waals surface area (Å²) in [7, 11) is -3.76. The van der Waals surface area contributed by atoms with Gasteiger partial charge in [0.2, 0.25) is 21.8 Å². The third-order valence-electron chi connectivity index (χ3n) is 6.12. The van der Waals surface area contributed by atoms with Gasteiger partial charge >= 0.3 is 0 Å². The van der Waals surface area contributed by atoms with Crippen LogP contribution in [-0.4, -0.2) is 50.0 Å². The van der Waals surface area contributed by atoms with Crippen LogP contribution in [0, 0.1) is 6.92 Å². The topological polar surface area (TPSA) is 86.8 Å². The van der Waals surface area contributed by atoms with Crippen LogP contribution in [0.4, 0.5) is 5.69 Å². The summed E-state index contributed by atoms with van der Waals surface area (Å²) in [4.78, 5) is 28.3. The van der Waals surface area contributed by atoms with Crippen molar-refractivity contribution in [2.45, 2.75) is 78.9 Å². The van der Waals surface area contributed by atoms with Gasteiger partial charge in [-0.3, -0.25) is 13.9 Å². The maximum absolute atomic E-state index is 13.7. The van der Waals surface area contributed by atoms with Crippen molar-refractivity contribution < 1.29 is 18.0 Å². The Kier molecular flexibility index (Phi) is 9.71. The molecule has 2 rings (SSSR count). The van der Waals surface area contributed by atoms with Gasteiger partial charge in [0.1, 0.15) is 12.6 Å². The van der Waals surface area contributed by atoms with Gasteiger partial charge in [-0.1, -0.05) is 64.1 Å². The summed E-state index contributed by atoms with van der Waals surface area (Å²) in [5.41, 5.74) is 3.28.